The van der Waals surface area contributed by atoms with Crippen molar-refractivity contribution in [3.63, 3.8) is 0 Å². The van der Waals surface area contributed by atoms with Crippen LogP contribution in [-0.2, 0) is 0 Å². The van der Waals surface area contributed by atoms with Crippen LogP contribution in [0.1, 0.15) is 10.5 Å². The Morgan fingerprint density at radius 1 is 1.50 bits per heavy atom. The van der Waals surface area contributed by atoms with Gasteiger partial charge in [-0.3, -0.25) is 4.79 Å². The van der Waals surface area contributed by atoms with Gasteiger partial charge < -0.3 is 4.90 Å². The monoisotopic (exact) mass is 259 g/mol. The largest absolute Gasteiger partial charge is 0.327 e. The van der Waals surface area contributed by atoms with Gasteiger partial charge in [-0.05, 0) is 12.1 Å². The van der Waals surface area contributed by atoms with Crippen LogP contribution < -0.4 is 0 Å². The van der Waals surface area contributed by atoms with Gasteiger partial charge in [0, 0.05) is 12.4 Å². The summed E-state index contributed by atoms with van der Waals surface area (Å²) < 4.78 is 0. The maximum Gasteiger partial charge on any atom is 0.273 e. The standard InChI is InChI=1S/C13H10ClN3O/c1-17(7-6-15)13(18)12-8-10(14)9-4-2-3-5-11(9)16-12/h2-5,8H,7H2,1H3. The Morgan fingerprint density at radius 2 is 2.22 bits per heavy atom. The molecule has 1 aromatic heterocycles. The normalized spacial score (nSPS) is 10.1. The second-order valence-corrected chi connectivity index (χ2v) is 4.23. The van der Waals surface area contributed by atoms with E-state index >= 15 is 0 Å². The molecule has 1 amide bonds. The van der Waals surface area contributed by atoms with E-state index in [1.165, 1.54) is 11.0 Å². The molecule has 0 saturated heterocycles. The SMILES string of the molecule is CN(CC#N)C(=O)c1cc(Cl)c2ccccc2n1. The first-order valence-corrected chi connectivity index (χ1v) is 5.69. The number of para-hydroxylation sites is 1. The molecule has 2 aromatic rings. The van der Waals surface area contributed by atoms with Crippen molar-refractivity contribution < 1.29 is 4.79 Å². The number of carbonyl (C=O) groups is 1. The van der Waals surface area contributed by atoms with Crippen molar-refractivity contribution in [3.8, 4) is 6.07 Å². The molecule has 1 aromatic carbocycles. The van der Waals surface area contributed by atoms with E-state index in [9.17, 15) is 4.79 Å². The molecule has 0 atom stereocenters. The maximum atomic E-state index is 12.0. The number of rotatable bonds is 2. The minimum Gasteiger partial charge on any atom is -0.327 e. The van der Waals surface area contributed by atoms with E-state index in [0.29, 0.717) is 10.5 Å². The fourth-order valence-corrected chi connectivity index (χ4v) is 1.88. The van der Waals surface area contributed by atoms with Crippen LogP contribution in [0.3, 0.4) is 0 Å². The molecule has 1 heterocycles. The van der Waals surface area contributed by atoms with Crippen molar-refractivity contribution in [2.45, 2.75) is 0 Å². The summed E-state index contributed by atoms with van der Waals surface area (Å²) in [5.74, 6) is -0.316. The topological polar surface area (TPSA) is 57.0 Å². The van der Waals surface area contributed by atoms with Crippen LogP contribution in [0.4, 0.5) is 0 Å². The van der Waals surface area contributed by atoms with E-state index in [1.807, 2.05) is 24.3 Å². The molecular weight excluding hydrogens is 250 g/mol. The number of carbonyl (C=O) groups excluding carboxylic acids is 1. The molecule has 0 aliphatic rings. The van der Waals surface area contributed by atoms with E-state index in [-0.39, 0.29) is 18.1 Å². The summed E-state index contributed by atoms with van der Waals surface area (Å²) in [6.07, 6.45) is 0. The highest BCUT2D eigenvalue weighted by atomic mass is 35.5. The average Bonchev–Trinajstić information content (AvgIpc) is 2.38. The molecular formula is C13H10ClN3O. The summed E-state index contributed by atoms with van der Waals surface area (Å²) in [6.45, 7) is 0.0188. The van der Waals surface area contributed by atoms with Crippen molar-refractivity contribution in [3.05, 3.63) is 41.0 Å². The number of amides is 1. The smallest absolute Gasteiger partial charge is 0.273 e. The summed E-state index contributed by atoms with van der Waals surface area (Å²) in [6, 6.07) is 10.8. The zero-order valence-corrected chi connectivity index (χ0v) is 10.5. The molecule has 0 bridgehead atoms. The Kier molecular flexibility index (Phi) is 3.45. The summed E-state index contributed by atoms with van der Waals surface area (Å²) in [5.41, 5.74) is 0.912. The summed E-state index contributed by atoms with van der Waals surface area (Å²) >= 11 is 6.11. The summed E-state index contributed by atoms with van der Waals surface area (Å²) in [7, 11) is 1.55. The Hall–Kier alpha value is -2.12. The highest BCUT2D eigenvalue weighted by molar-refractivity contribution is 6.35. The molecule has 0 saturated carbocycles. The van der Waals surface area contributed by atoms with Crippen molar-refractivity contribution in [1.82, 2.24) is 9.88 Å². The van der Waals surface area contributed by atoms with E-state index in [2.05, 4.69) is 4.98 Å². The van der Waals surface area contributed by atoms with Crippen LogP contribution in [-0.4, -0.2) is 29.4 Å². The Bertz CT molecular complexity index is 648. The first-order chi connectivity index (χ1) is 8.63. The van der Waals surface area contributed by atoms with Gasteiger partial charge in [-0.2, -0.15) is 5.26 Å². The molecule has 0 aliphatic carbocycles. The van der Waals surface area contributed by atoms with Gasteiger partial charge in [-0.1, -0.05) is 29.8 Å². The lowest BCUT2D eigenvalue weighted by Crippen LogP contribution is -2.27. The van der Waals surface area contributed by atoms with Gasteiger partial charge in [-0.25, -0.2) is 4.98 Å². The van der Waals surface area contributed by atoms with Gasteiger partial charge in [0.25, 0.3) is 5.91 Å². The van der Waals surface area contributed by atoms with Crippen molar-refractivity contribution in [2.75, 3.05) is 13.6 Å². The van der Waals surface area contributed by atoms with Crippen LogP contribution in [0.5, 0.6) is 0 Å². The fourth-order valence-electron chi connectivity index (χ4n) is 1.62. The second-order valence-electron chi connectivity index (χ2n) is 3.83. The number of nitriles is 1. The van der Waals surface area contributed by atoms with Crippen LogP contribution in [0, 0.1) is 11.3 Å². The summed E-state index contributed by atoms with van der Waals surface area (Å²) in [4.78, 5) is 17.5. The van der Waals surface area contributed by atoms with Crippen molar-refractivity contribution in [1.29, 1.82) is 5.26 Å². The maximum absolute atomic E-state index is 12.0. The number of fused-ring (bicyclic) bond motifs is 1. The number of hydrogen-bond donors (Lipinski definition) is 0. The third-order valence-corrected chi connectivity index (χ3v) is 2.85. The second kappa shape index (κ2) is 5.03. The van der Waals surface area contributed by atoms with Gasteiger partial charge in [0.15, 0.2) is 0 Å². The number of nitrogens with zero attached hydrogens (tertiary/aromatic N) is 3. The lowest BCUT2D eigenvalue weighted by atomic mass is 10.2. The third kappa shape index (κ3) is 2.27. The fraction of sp³-hybridized carbons (Fsp3) is 0.154. The zero-order valence-electron chi connectivity index (χ0n) is 9.72. The lowest BCUT2D eigenvalue weighted by molar-refractivity contribution is 0.0806. The predicted octanol–water partition coefficient (Wildman–Crippen LogP) is 2.48. The van der Waals surface area contributed by atoms with Gasteiger partial charge in [0.1, 0.15) is 12.2 Å². The van der Waals surface area contributed by atoms with E-state index < -0.39 is 0 Å². The number of hydrogen-bond acceptors (Lipinski definition) is 3. The third-order valence-electron chi connectivity index (χ3n) is 2.54. The molecule has 0 N–H and O–H groups in total. The first-order valence-electron chi connectivity index (χ1n) is 5.31. The average molecular weight is 260 g/mol. The minimum atomic E-state index is -0.316. The molecule has 2 rings (SSSR count). The molecule has 4 nitrogen and oxygen atoms in total. The minimum absolute atomic E-state index is 0.0188. The lowest BCUT2D eigenvalue weighted by Gasteiger charge is -2.13. The van der Waals surface area contributed by atoms with Gasteiger partial charge in [-0.15, -0.1) is 0 Å². The number of pyridine rings is 1. The zero-order chi connectivity index (χ0) is 13.1. The van der Waals surface area contributed by atoms with E-state index in [4.69, 9.17) is 16.9 Å². The van der Waals surface area contributed by atoms with E-state index in [1.54, 1.807) is 13.1 Å². The van der Waals surface area contributed by atoms with Gasteiger partial charge >= 0.3 is 0 Å². The number of benzene rings is 1. The van der Waals surface area contributed by atoms with Gasteiger partial charge in [0.05, 0.1) is 16.6 Å². The first kappa shape index (κ1) is 12.3. The van der Waals surface area contributed by atoms with Crippen LogP contribution in [0.2, 0.25) is 5.02 Å². The number of halogens is 1. The Balaban J connectivity index is 2.47. The summed E-state index contributed by atoms with van der Waals surface area (Å²) in [5, 5.41) is 9.85. The van der Waals surface area contributed by atoms with E-state index in [0.717, 1.165) is 5.39 Å². The molecule has 0 fully saturated rings. The molecule has 18 heavy (non-hydrogen) atoms. The van der Waals surface area contributed by atoms with Crippen LogP contribution >= 0.6 is 11.6 Å². The van der Waals surface area contributed by atoms with Crippen LogP contribution in [0.15, 0.2) is 30.3 Å². The highest BCUT2D eigenvalue weighted by Crippen LogP contribution is 2.23. The Morgan fingerprint density at radius 3 is 2.94 bits per heavy atom. The molecule has 5 heteroatoms. The number of aromatic nitrogens is 1. The van der Waals surface area contributed by atoms with Crippen molar-refractivity contribution in [2.24, 2.45) is 0 Å². The quantitative estimate of drug-likeness (QED) is 0.779. The predicted molar refractivity (Wildman–Crippen MR) is 69.3 cm³/mol. The highest BCUT2D eigenvalue weighted by Gasteiger charge is 2.14. The van der Waals surface area contributed by atoms with Crippen LogP contribution in [0.25, 0.3) is 10.9 Å². The molecule has 0 radical (unpaired) electrons. The van der Waals surface area contributed by atoms with Crippen molar-refractivity contribution >= 4 is 28.4 Å². The van der Waals surface area contributed by atoms with Gasteiger partial charge in [0.2, 0.25) is 0 Å². The molecule has 0 unspecified atom stereocenters. The molecule has 0 spiro atoms. The molecule has 90 valence electrons. The Labute approximate surface area is 109 Å². The molecule has 0 aliphatic heterocycles.